The minimum Gasteiger partial charge on any atom is -0.461 e. The number of ether oxygens (including phenoxy) is 1. The van der Waals surface area contributed by atoms with Gasteiger partial charge in [0.1, 0.15) is 5.69 Å². The number of pyridine rings is 1. The van der Waals surface area contributed by atoms with E-state index in [1.165, 1.54) is 4.90 Å². The topological polar surface area (TPSA) is 92.4 Å². The average Bonchev–Trinajstić information content (AvgIpc) is 3.11. The Kier molecular flexibility index (Phi) is 7.66. The number of halogens is 1. The van der Waals surface area contributed by atoms with Gasteiger partial charge < -0.3 is 14.6 Å². The number of H-pyrrole nitrogens is 1. The van der Waals surface area contributed by atoms with Gasteiger partial charge >= 0.3 is 5.97 Å². The number of aromatic amines is 1. The van der Waals surface area contributed by atoms with E-state index < -0.39 is 12.0 Å². The maximum atomic E-state index is 13.6. The molecule has 0 aliphatic heterocycles. The molecule has 0 bridgehead atoms. The molecule has 8 heteroatoms. The number of esters is 1. The van der Waals surface area contributed by atoms with Crippen LogP contribution in [0.3, 0.4) is 0 Å². The lowest BCUT2D eigenvalue weighted by molar-refractivity contribution is 0.0518. The molecule has 3 aromatic rings. The smallest absolute Gasteiger partial charge is 0.355 e. The third-order valence-corrected chi connectivity index (χ3v) is 5.76. The molecule has 0 radical (unpaired) electrons. The molecule has 0 aliphatic rings. The van der Waals surface area contributed by atoms with Crippen LogP contribution < -0.4 is 0 Å². The third kappa shape index (κ3) is 5.14. The van der Waals surface area contributed by atoms with Gasteiger partial charge in [-0.3, -0.25) is 14.6 Å². The Morgan fingerprint density at radius 3 is 2.45 bits per heavy atom. The van der Waals surface area contributed by atoms with Crippen LogP contribution in [0.5, 0.6) is 0 Å². The fourth-order valence-electron chi connectivity index (χ4n) is 3.72. The van der Waals surface area contributed by atoms with E-state index in [1.807, 2.05) is 6.07 Å². The van der Waals surface area contributed by atoms with Gasteiger partial charge in [0.05, 0.1) is 35.5 Å². The van der Waals surface area contributed by atoms with Crippen LogP contribution in [-0.4, -0.2) is 45.2 Å². The highest BCUT2D eigenvalue weighted by molar-refractivity contribution is 6.33. The monoisotopic (exact) mass is 467 g/mol. The molecular weight excluding hydrogens is 442 g/mol. The summed E-state index contributed by atoms with van der Waals surface area (Å²) in [5, 5.41) is 0.298. The number of hydrogen-bond acceptors (Lipinski definition) is 5. The molecule has 0 saturated carbocycles. The Labute approximate surface area is 197 Å². The minimum atomic E-state index is -0.848. The fourth-order valence-corrected chi connectivity index (χ4v) is 3.93. The molecule has 0 fully saturated rings. The number of aryl methyl sites for hydroxylation is 1. The summed E-state index contributed by atoms with van der Waals surface area (Å²) in [5.74, 6) is -1.21. The number of carbonyl (C=O) groups excluding carboxylic acids is 3. The number of aromatic nitrogens is 2. The normalized spacial score (nSPS) is 11.7. The summed E-state index contributed by atoms with van der Waals surface area (Å²) in [6, 6.07) is 11.2. The molecule has 0 aliphatic carbocycles. The zero-order chi connectivity index (χ0) is 24.1. The second-order valence-corrected chi connectivity index (χ2v) is 8.03. The van der Waals surface area contributed by atoms with E-state index in [0.29, 0.717) is 33.1 Å². The summed E-state index contributed by atoms with van der Waals surface area (Å²) < 4.78 is 5.08. The van der Waals surface area contributed by atoms with Gasteiger partial charge in [-0.2, -0.15) is 0 Å². The van der Waals surface area contributed by atoms with Gasteiger partial charge in [-0.25, -0.2) is 4.79 Å². The Bertz CT molecular complexity index is 1170. The SMILES string of the molecule is CCOC(=O)c1[nH]c(C)c(C(=O)[C@H](C)N(Cc2ccccn2)C(=O)c2ccccc2Cl)c1C. The van der Waals surface area contributed by atoms with Crippen LogP contribution in [0.2, 0.25) is 5.02 Å². The second kappa shape index (κ2) is 10.4. The van der Waals surface area contributed by atoms with Crippen molar-refractivity contribution in [3.63, 3.8) is 0 Å². The number of amides is 1. The lowest BCUT2D eigenvalue weighted by Gasteiger charge is -2.29. The van der Waals surface area contributed by atoms with E-state index in [9.17, 15) is 14.4 Å². The molecule has 2 heterocycles. The Hall–Kier alpha value is -3.45. The van der Waals surface area contributed by atoms with E-state index in [0.717, 1.165) is 0 Å². The number of ketones is 1. The summed E-state index contributed by atoms with van der Waals surface area (Å²) in [7, 11) is 0. The van der Waals surface area contributed by atoms with E-state index in [2.05, 4.69) is 9.97 Å². The van der Waals surface area contributed by atoms with Gasteiger partial charge in [-0.05, 0) is 57.5 Å². The average molecular weight is 468 g/mol. The predicted molar refractivity (Wildman–Crippen MR) is 126 cm³/mol. The van der Waals surface area contributed by atoms with Crippen LogP contribution >= 0.6 is 11.6 Å². The van der Waals surface area contributed by atoms with E-state index in [4.69, 9.17) is 16.3 Å². The molecule has 7 nitrogen and oxygen atoms in total. The van der Waals surface area contributed by atoms with Gasteiger partial charge in [0.2, 0.25) is 0 Å². The molecule has 33 heavy (non-hydrogen) atoms. The quantitative estimate of drug-likeness (QED) is 0.380. The lowest BCUT2D eigenvalue weighted by atomic mass is 9.99. The first-order chi connectivity index (χ1) is 15.8. The zero-order valence-corrected chi connectivity index (χ0v) is 19.8. The minimum absolute atomic E-state index is 0.116. The molecule has 3 rings (SSSR count). The number of hydrogen-bond donors (Lipinski definition) is 1. The first kappa shape index (κ1) is 24.2. The van der Waals surface area contributed by atoms with Crippen LogP contribution in [0.4, 0.5) is 0 Å². The van der Waals surface area contributed by atoms with Gasteiger partial charge in [-0.1, -0.05) is 29.8 Å². The molecule has 1 atom stereocenters. The summed E-state index contributed by atoms with van der Waals surface area (Å²) in [6.45, 7) is 7.12. The Balaban J connectivity index is 2.00. The van der Waals surface area contributed by atoms with Crippen molar-refractivity contribution >= 4 is 29.3 Å². The van der Waals surface area contributed by atoms with Crippen molar-refractivity contribution < 1.29 is 19.1 Å². The highest BCUT2D eigenvalue weighted by Crippen LogP contribution is 2.25. The van der Waals surface area contributed by atoms with Crippen molar-refractivity contribution in [3.05, 3.63) is 87.5 Å². The van der Waals surface area contributed by atoms with Gasteiger partial charge in [0, 0.05) is 17.5 Å². The first-order valence-electron chi connectivity index (χ1n) is 10.6. The fraction of sp³-hybridized carbons (Fsp3) is 0.280. The lowest BCUT2D eigenvalue weighted by Crippen LogP contribution is -2.43. The van der Waals surface area contributed by atoms with Crippen molar-refractivity contribution in [1.82, 2.24) is 14.9 Å². The summed E-state index contributed by atoms with van der Waals surface area (Å²) >= 11 is 6.28. The zero-order valence-electron chi connectivity index (χ0n) is 19.0. The highest BCUT2D eigenvalue weighted by Gasteiger charge is 2.32. The molecule has 0 unspecified atom stereocenters. The predicted octanol–water partition coefficient (Wildman–Crippen LogP) is 4.77. The van der Waals surface area contributed by atoms with E-state index in [1.54, 1.807) is 70.3 Å². The molecule has 1 amide bonds. The molecule has 2 aromatic heterocycles. The second-order valence-electron chi connectivity index (χ2n) is 7.62. The number of Topliss-reactive ketones (excluding diaryl/α,β-unsaturated/α-hetero) is 1. The van der Waals surface area contributed by atoms with Gasteiger partial charge in [0.25, 0.3) is 5.91 Å². The first-order valence-corrected chi connectivity index (χ1v) is 11.0. The number of nitrogens with one attached hydrogen (secondary N) is 1. The van der Waals surface area contributed by atoms with Gasteiger partial charge in [0.15, 0.2) is 5.78 Å². The number of nitrogens with zero attached hydrogens (tertiary/aromatic N) is 2. The Morgan fingerprint density at radius 1 is 1.12 bits per heavy atom. The van der Waals surface area contributed by atoms with Crippen molar-refractivity contribution in [2.24, 2.45) is 0 Å². The largest absolute Gasteiger partial charge is 0.461 e. The standard InChI is InChI=1S/C25H26ClN3O4/c1-5-33-25(32)22-15(2)21(16(3)28-22)23(30)17(4)29(14-18-10-8-9-13-27-18)24(31)19-11-6-7-12-20(19)26/h6-13,17,28H,5,14H2,1-4H3/t17-/m0/s1. The maximum Gasteiger partial charge on any atom is 0.355 e. The van der Waals surface area contributed by atoms with Crippen LogP contribution in [0.25, 0.3) is 0 Å². The van der Waals surface area contributed by atoms with Crippen LogP contribution in [0.1, 0.15) is 62.0 Å². The van der Waals surface area contributed by atoms with Gasteiger partial charge in [-0.15, -0.1) is 0 Å². The van der Waals surface area contributed by atoms with Crippen LogP contribution in [0, 0.1) is 13.8 Å². The maximum absolute atomic E-state index is 13.6. The molecular formula is C25H26ClN3O4. The summed E-state index contributed by atoms with van der Waals surface area (Å²) in [4.78, 5) is 48.1. The van der Waals surface area contributed by atoms with E-state index >= 15 is 0 Å². The van der Waals surface area contributed by atoms with Crippen molar-refractivity contribution in [3.8, 4) is 0 Å². The Morgan fingerprint density at radius 2 is 1.82 bits per heavy atom. The molecule has 0 saturated heterocycles. The summed E-state index contributed by atoms with van der Waals surface area (Å²) in [6.07, 6.45) is 1.63. The van der Waals surface area contributed by atoms with Crippen LogP contribution in [-0.2, 0) is 11.3 Å². The van der Waals surface area contributed by atoms with E-state index in [-0.39, 0.29) is 30.5 Å². The number of rotatable bonds is 8. The van der Waals surface area contributed by atoms with Crippen LogP contribution in [0.15, 0.2) is 48.7 Å². The molecule has 0 spiro atoms. The highest BCUT2D eigenvalue weighted by atomic mass is 35.5. The van der Waals surface area contributed by atoms with Crippen molar-refractivity contribution in [2.75, 3.05) is 6.61 Å². The molecule has 1 N–H and O–H groups in total. The summed E-state index contributed by atoms with van der Waals surface area (Å²) in [5.41, 5.74) is 2.56. The molecule has 1 aromatic carbocycles. The third-order valence-electron chi connectivity index (χ3n) is 5.43. The van der Waals surface area contributed by atoms with Crippen molar-refractivity contribution in [1.29, 1.82) is 0 Å². The molecule has 172 valence electrons. The van der Waals surface area contributed by atoms with Crippen molar-refractivity contribution in [2.45, 2.75) is 40.3 Å². The number of benzene rings is 1. The number of carbonyl (C=O) groups is 3.